The highest BCUT2D eigenvalue weighted by molar-refractivity contribution is 7.98. The fraction of sp³-hybridized carbons (Fsp3) is 0.320. The van der Waals surface area contributed by atoms with Crippen LogP contribution in [0.2, 0.25) is 0 Å². The Labute approximate surface area is 187 Å². The molecular formula is C25H27N3O2S. The van der Waals surface area contributed by atoms with Crippen molar-refractivity contribution in [1.82, 2.24) is 9.88 Å². The molecule has 1 saturated heterocycles. The Kier molecular flexibility index (Phi) is 6.68. The summed E-state index contributed by atoms with van der Waals surface area (Å²) in [5, 5.41) is 3.80. The number of aromatic nitrogens is 1. The molecule has 1 aliphatic heterocycles. The summed E-state index contributed by atoms with van der Waals surface area (Å²) in [6, 6.07) is 17.7. The van der Waals surface area contributed by atoms with Gasteiger partial charge < -0.3 is 5.32 Å². The summed E-state index contributed by atoms with van der Waals surface area (Å²) in [6.45, 7) is 3.95. The molecule has 6 heteroatoms. The van der Waals surface area contributed by atoms with Gasteiger partial charge in [-0.2, -0.15) is 0 Å². The average Bonchev–Trinajstić information content (AvgIpc) is 2.78. The zero-order valence-electron chi connectivity index (χ0n) is 17.9. The Hall–Kier alpha value is -2.70. The van der Waals surface area contributed by atoms with Crippen molar-refractivity contribution >= 4 is 40.0 Å². The molecule has 31 heavy (non-hydrogen) atoms. The minimum Gasteiger partial charge on any atom is -0.326 e. The van der Waals surface area contributed by atoms with E-state index in [1.54, 1.807) is 11.8 Å². The van der Waals surface area contributed by atoms with Gasteiger partial charge >= 0.3 is 0 Å². The summed E-state index contributed by atoms with van der Waals surface area (Å²) in [6.07, 6.45) is 3.96. The van der Waals surface area contributed by atoms with Crippen LogP contribution in [0.5, 0.6) is 0 Å². The van der Waals surface area contributed by atoms with E-state index in [9.17, 15) is 9.59 Å². The summed E-state index contributed by atoms with van der Waals surface area (Å²) in [5.74, 6) is 0.179. The molecule has 0 bridgehead atoms. The van der Waals surface area contributed by atoms with Crippen LogP contribution in [0.15, 0.2) is 59.5 Å². The monoisotopic (exact) mass is 433 g/mol. The number of hydrogen-bond donors (Lipinski definition) is 1. The number of pyridine rings is 1. The lowest BCUT2D eigenvalue weighted by atomic mass is 9.90. The number of Topliss-reactive ketones (excluding diaryl/α,β-unsaturated/α-hetero) is 1. The quantitative estimate of drug-likeness (QED) is 0.437. The molecule has 1 atom stereocenters. The summed E-state index contributed by atoms with van der Waals surface area (Å²) in [7, 11) is 0. The number of fused-ring (bicyclic) bond motifs is 1. The van der Waals surface area contributed by atoms with Crippen LogP contribution in [0.4, 0.5) is 5.69 Å². The van der Waals surface area contributed by atoms with E-state index < -0.39 is 0 Å². The number of carbonyl (C=O) groups is 2. The van der Waals surface area contributed by atoms with Crippen molar-refractivity contribution in [3.63, 3.8) is 0 Å². The van der Waals surface area contributed by atoms with Crippen LogP contribution in [0.3, 0.4) is 0 Å². The molecule has 5 nitrogen and oxygen atoms in total. The van der Waals surface area contributed by atoms with Crippen LogP contribution >= 0.6 is 11.8 Å². The van der Waals surface area contributed by atoms with Crippen LogP contribution in [-0.4, -0.2) is 40.9 Å². The molecule has 1 unspecified atom stereocenters. The topological polar surface area (TPSA) is 62.3 Å². The van der Waals surface area contributed by atoms with Gasteiger partial charge in [-0.3, -0.25) is 19.5 Å². The maximum Gasteiger partial charge on any atom is 0.221 e. The highest BCUT2D eigenvalue weighted by Gasteiger charge is 2.28. The largest absolute Gasteiger partial charge is 0.326 e. The molecule has 1 aliphatic rings. The zero-order chi connectivity index (χ0) is 21.8. The van der Waals surface area contributed by atoms with E-state index >= 15 is 0 Å². The highest BCUT2D eigenvalue weighted by Crippen LogP contribution is 2.28. The van der Waals surface area contributed by atoms with E-state index in [-0.39, 0.29) is 17.6 Å². The molecule has 1 N–H and O–H groups in total. The minimum absolute atomic E-state index is 0.0221. The second kappa shape index (κ2) is 9.62. The number of nitrogens with zero attached hydrogens (tertiary/aromatic N) is 2. The van der Waals surface area contributed by atoms with Gasteiger partial charge in [-0.15, -0.1) is 11.8 Å². The number of benzene rings is 2. The predicted molar refractivity (Wildman–Crippen MR) is 127 cm³/mol. The van der Waals surface area contributed by atoms with Crippen molar-refractivity contribution in [3.8, 4) is 0 Å². The molecule has 2 heterocycles. The lowest BCUT2D eigenvalue weighted by molar-refractivity contribution is -0.114. The van der Waals surface area contributed by atoms with E-state index in [0.29, 0.717) is 6.54 Å². The van der Waals surface area contributed by atoms with Gasteiger partial charge in [0.25, 0.3) is 0 Å². The Morgan fingerprint density at radius 3 is 2.77 bits per heavy atom. The lowest BCUT2D eigenvalue weighted by Crippen LogP contribution is -2.38. The van der Waals surface area contributed by atoms with Crippen molar-refractivity contribution in [3.05, 3.63) is 65.9 Å². The predicted octanol–water partition coefficient (Wildman–Crippen LogP) is 5.01. The van der Waals surface area contributed by atoms with Gasteiger partial charge in [0.05, 0.1) is 16.9 Å². The van der Waals surface area contributed by atoms with Gasteiger partial charge in [0.15, 0.2) is 5.78 Å². The number of carbonyl (C=O) groups excluding carboxylic acids is 2. The molecular weight excluding hydrogens is 406 g/mol. The third-order valence-corrected chi connectivity index (χ3v) is 6.53. The van der Waals surface area contributed by atoms with Crippen molar-refractivity contribution in [1.29, 1.82) is 0 Å². The van der Waals surface area contributed by atoms with Crippen LogP contribution in [0, 0.1) is 5.92 Å². The molecule has 1 fully saturated rings. The van der Waals surface area contributed by atoms with Crippen molar-refractivity contribution in [2.45, 2.75) is 31.2 Å². The van der Waals surface area contributed by atoms with Crippen LogP contribution in [-0.2, 0) is 11.3 Å². The second-order valence-electron chi connectivity index (χ2n) is 7.99. The third kappa shape index (κ3) is 4.97. The number of hydrogen-bond acceptors (Lipinski definition) is 5. The average molecular weight is 434 g/mol. The van der Waals surface area contributed by atoms with Gasteiger partial charge in [-0.05, 0) is 56.0 Å². The van der Waals surface area contributed by atoms with E-state index in [1.165, 1.54) is 6.92 Å². The van der Waals surface area contributed by atoms with Crippen molar-refractivity contribution in [2.75, 3.05) is 24.7 Å². The number of ketones is 1. The van der Waals surface area contributed by atoms with Crippen molar-refractivity contribution < 1.29 is 9.59 Å². The molecule has 160 valence electrons. The van der Waals surface area contributed by atoms with Crippen LogP contribution in [0.1, 0.15) is 35.8 Å². The fourth-order valence-corrected chi connectivity index (χ4v) is 4.90. The third-order valence-electron chi connectivity index (χ3n) is 5.73. The second-order valence-corrected chi connectivity index (χ2v) is 8.84. The molecule has 0 aliphatic carbocycles. The Morgan fingerprint density at radius 2 is 1.97 bits per heavy atom. The Bertz CT molecular complexity index is 1110. The molecule has 0 saturated carbocycles. The molecule has 2 aromatic carbocycles. The molecule has 0 radical (unpaired) electrons. The number of rotatable bonds is 6. The number of nitrogens with one attached hydrogen (secondary N) is 1. The zero-order valence-corrected chi connectivity index (χ0v) is 18.7. The number of piperidine rings is 1. The first-order chi connectivity index (χ1) is 15.0. The Balaban J connectivity index is 1.49. The molecule has 3 aromatic rings. The van der Waals surface area contributed by atoms with Crippen molar-refractivity contribution in [2.24, 2.45) is 5.92 Å². The van der Waals surface area contributed by atoms with Gasteiger partial charge in [0.1, 0.15) is 0 Å². The summed E-state index contributed by atoms with van der Waals surface area (Å²) in [4.78, 5) is 32.8. The Morgan fingerprint density at radius 1 is 1.13 bits per heavy atom. The van der Waals surface area contributed by atoms with Gasteiger partial charge in [-0.25, -0.2) is 0 Å². The highest BCUT2D eigenvalue weighted by atomic mass is 32.2. The first-order valence-electron chi connectivity index (χ1n) is 10.6. The van der Waals surface area contributed by atoms with E-state index in [0.717, 1.165) is 58.7 Å². The first kappa shape index (κ1) is 21.5. The molecule has 0 spiro atoms. The lowest BCUT2D eigenvalue weighted by Gasteiger charge is -2.32. The van der Waals surface area contributed by atoms with Crippen LogP contribution < -0.4 is 5.32 Å². The number of thioether (sulfide) groups is 1. The number of amides is 1. The summed E-state index contributed by atoms with van der Waals surface area (Å²) in [5.41, 5.74) is 3.46. The SMILES string of the molecule is CSc1ccccc1C(=O)C1CCCN(Cc2ccc3c(NC(C)=O)cccc3n2)C1. The minimum atomic E-state index is -0.0938. The van der Waals surface area contributed by atoms with Gasteiger partial charge in [-0.1, -0.05) is 24.3 Å². The number of likely N-dealkylation sites (tertiary alicyclic amines) is 1. The standard InChI is InChI=1S/C25H27N3O2S/c1-17(29)26-22-9-5-10-23-20(22)13-12-19(27-23)16-28-14-6-7-18(15-28)25(30)21-8-3-4-11-24(21)31-2/h3-5,8-13,18H,6-7,14-16H2,1-2H3,(H,26,29). The maximum atomic E-state index is 13.2. The molecule has 1 amide bonds. The number of anilines is 1. The fourth-order valence-electron chi connectivity index (χ4n) is 4.29. The summed E-state index contributed by atoms with van der Waals surface area (Å²) >= 11 is 1.63. The maximum absolute atomic E-state index is 13.2. The molecule has 4 rings (SSSR count). The normalized spacial score (nSPS) is 16.9. The van der Waals surface area contributed by atoms with Crippen LogP contribution in [0.25, 0.3) is 10.9 Å². The van der Waals surface area contributed by atoms with E-state index in [2.05, 4.69) is 10.2 Å². The van der Waals surface area contributed by atoms with E-state index in [4.69, 9.17) is 4.98 Å². The van der Waals surface area contributed by atoms with Gasteiger partial charge in [0, 0.05) is 41.8 Å². The summed E-state index contributed by atoms with van der Waals surface area (Å²) < 4.78 is 0. The smallest absolute Gasteiger partial charge is 0.221 e. The van der Waals surface area contributed by atoms with Gasteiger partial charge in [0.2, 0.25) is 5.91 Å². The first-order valence-corrected chi connectivity index (χ1v) is 11.8. The molecule has 1 aromatic heterocycles. The van der Waals surface area contributed by atoms with E-state index in [1.807, 2.05) is 60.9 Å².